The predicted octanol–water partition coefficient (Wildman–Crippen LogP) is 6.59. The Kier molecular flexibility index (Phi) is 15.4. The van der Waals surface area contributed by atoms with Crippen LogP contribution in [0.25, 0.3) is 10.9 Å². The number of ether oxygens (including phenoxy) is 1. The van der Waals surface area contributed by atoms with Gasteiger partial charge in [0.15, 0.2) is 0 Å². The van der Waals surface area contributed by atoms with Gasteiger partial charge in [0.2, 0.25) is 17.7 Å². The van der Waals surface area contributed by atoms with Crippen LogP contribution in [-0.2, 0) is 30.3 Å². The summed E-state index contributed by atoms with van der Waals surface area (Å²) in [5, 5.41) is 6.56. The summed E-state index contributed by atoms with van der Waals surface area (Å²) in [7, 11) is 1.32. The van der Waals surface area contributed by atoms with Crippen molar-refractivity contribution < 1.29 is 38.3 Å². The quantitative estimate of drug-likeness (QED) is 0.0402. The van der Waals surface area contributed by atoms with Crippen LogP contribution in [0.15, 0.2) is 66.7 Å². The zero-order chi connectivity index (χ0) is 47.0. The third-order valence-electron chi connectivity index (χ3n) is 13.8. The van der Waals surface area contributed by atoms with Gasteiger partial charge in [-0.1, -0.05) is 87.8 Å². The lowest BCUT2D eigenvalue weighted by Gasteiger charge is -2.40. The Morgan fingerprint density at radius 1 is 0.791 bits per heavy atom. The van der Waals surface area contributed by atoms with Crippen molar-refractivity contribution in [3.05, 3.63) is 100 Å². The maximum atomic E-state index is 13.7. The van der Waals surface area contributed by atoms with Crippen LogP contribution >= 0.6 is 11.6 Å². The van der Waals surface area contributed by atoms with Gasteiger partial charge in [-0.05, 0) is 67.3 Å². The zero-order valence-corrected chi connectivity index (χ0v) is 38.9. The Labute approximate surface area is 395 Å². The van der Waals surface area contributed by atoms with E-state index in [4.69, 9.17) is 16.3 Å². The van der Waals surface area contributed by atoms with E-state index in [1.54, 1.807) is 18.2 Å². The fraction of sp³-hybridized carbons (Fsp3) is 0.471. The minimum atomic E-state index is -0.978. The van der Waals surface area contributed by atoms with E-state index in [1.807, 2.05) is 53.4 Å². The Morgan fingerprint density at radius 2 is 1.48 bits per heavy atom. The molecule has 0 bridgehead atoms. The van der Waals surface area contributed by atoms with Gasteiger partial charge in [-0.15, -0.1) is 11.6 Å². The fourth-order valence-electron chi connectivity index (χ4n) is 10.3. The van der Waals surface area contributed by atoms with Gasteiger partial charge >= 0.3 is 5.97 Å². The molecule has 0 spiro atoms. The molecule has 2 fully saturated rings. The number of carbonyl (C=O) groups excluding carboxylic acids is 7. The zero-order valence-electron chi connectivity index (χ0n) is 38.2. The van der Waals surface area contributed by atoms with Crippen LogP contribution in [0.3, 0.4) is 0 Å². The third kappa shape index (κ3) is 10.3. The van der Waals surface area contributed by atoms with Crippen LogP contribution in [0.1, 0.15) is 131 Å². The topological polar surface area (TPSA) is 182 Å². The summed E-state index contributed by atoms with van der Waals surface area (Å²) in [6, 6.07) is 17.9. The lowest BCUT2D eigenvalue weighted by Crippen LogP contribution is -2.54. The minimum absolute atomic E-state index is 0.0213. The lowest BCUT2D eigenvalue weighted by atomic mass is 9.87. The number of benzene rings is 3. The lowest BCUT2D eigenvalue weighted by molar-refractivity contribution is -0.154. The minimum Gasteiger partial charge on any atom is -0.467 e. The molecule has 3 N–H and O–H groups in total. The second-order valence-electron chi connectivity index (χ2n) is 18.0. The molecule has 67 heavy (non-hydrogen) atoms. The highest BCUT2D eigenvalue weighted by Crippen LogP contribution is 2.41. The molecule has 6 amide bonds. The first-order chi connectivity index (χ1) is 32.6. The number of aromatic nitrogens is 1. The van der Waals surface area contributed by atoms with Crippen molar-refractivity contribution in [3.63, 3.8) is 0 Å². The number of nitrogens with zero attached hydrogens (tertiary/aromatic N) is 4. The number of hydrogen-bond donors (Lipinski definition) is 3. The van der Waals surface area contributed by atoms with E-state index in [9.17, 15) is 33.6 Å². The summed E-state index contributed by atoms with van der Waals surface area (Å²) in [5.41, 5.74) is 5.21. The number of piperazine rings is 1. The van der Waals surface area contributed by atoms with Gasteiger partial charge in [-0.25, -0.2) is 4.79 Å². The molecule has 3 aromatic carbocycles. The summed E-state index contributed by atoms with van der Waals surface area (Å²) in [4.78, 5) is 101. The van der Waals surface area contributed by atoms with E-state index in [2.05, 4.69) is 20.5 Å². The molecule has 4 aliphatic rings. The SMILES string of the molecule is COC(=O)[C@H]1Cc2c([nH]c3ccccc23)[C@H](c2ccc(C(=O)N3CCN(CCCCCCCCCCCCNc4cccc5c4C(=O)N(C4CCC(=O)NC4=O)C5=O)CC3)cc2)N1C(=O)CCl. The number of aromatic amines is 1. The van der Waals surface area contributed by atoms with Gasteiger partial charge in [0, 0.05) is 73.4 Å². The van der Waals surface area contributed by atoms with Gasteiger partial charge in [0.1, 0.15) is 18.0 Å². The van der Waals surface area contributed by atoms with Gasteiger partial charge in [-0.2, -0.15) is 0 Å². The summed E-state index contributed by atoms with van der Waals surface area (Å²) in [6.45, 7) is 4.70. The maximum absolute atomic E-state index is 13.7. The number of carbonyl (C=O) groups is 7. The molecule has 354 valence electrons. The number of methoxy groups -OCH3 is 1. The number of nitrogens with one attached hydrogen (secondary N) is 3. The molecule has 2 saturated heterocycles. The second-order valence-corrected chi connectivity index (χ2v) is 18.3. The maximum Gasteiger partial charge on any atom is 0.328 e. The van der Waals surface area contributed by atoms with Gasteiger partial charge < -0.3 is 24.8 Å². The van der Waals surface area contributed by atoms with Crippen molar-refractivity contribution in [1.29, 1.82) is 0 Å². The number of para-hydroxylation sites is 1. The van der Waals surface area contributed by atoms with Crippen molar-refractivity contribution in [2.75, 3.05) is 57.6 Å². The Hall–Kier alpha value is -6.06. The molecule has 16 heteroatoms. The highest BCUT2D eigenvalue weighted by Gasteiger charge is 2.46. The normalized spacial score (nSPS) is 19.7. The first-order valence-electron chi connectivity index (χ1n) is 23.8. The summed E-state index contributed by atoms with van der Waals surface area (Å²) in [6.07, 6.45) is 12.0. The average molecular weight is 935 g/mol. The number of halogens is 1. The molecule has 3 atom stereocenters. The number of alkyl halides is 1. The number of piperidine rings is 1. The van der Waals surface area contributed by atoms with Crippen LogP contribution in [-0.4, -0.2) is 130 Å². The number of imide groups is 2. The van der Waals surface area contributed by atoms with Crippen LogP contribution in [0.4, 0.5) is 5.69 Å². The van der Waals surface area contributed by atoms with E-state index in [0.717, 1.165) is 77.9 Å². The highest BCUT2D eigenvalue weighted by molar-refractivity contribution is 6.27. The largest absolute Gasteiger partial charge is 0.467 e. The standard InChI is InChI=1S/C51H60ClN7O8/c1-67-51(66)41-31-37-35-15-10-11-17-38(35)54-45(37)46(58(41)43(61)32-52)33-19-21-34(22-20-33)48(63)57-29-27-56(28-30-57)26-13-9-7-5-3-2-4-6-8-12-25-53-39-18-14-16-36-44(39)50(65)59(49(36)64)40-23-24-42(60)55-47(40)62/h10-11,14-22,40-41,46,53-54H,2-9,12-13,23-32H2,1H3,(H,55,60,62)/t40?,41-,46+/m1/s1. The highest BCUT2D eigenvalue weighted by atomic mass is 35.5. The summed E-state index contributed by atoms with van der Waals surface area (Å²) < 4.78 is 5.16. The first-order valence-corrected chi connectivity index (χ1v) is 24.4. The molecule has 5 heterocycles. The second kappa shape index (κ2) is 21.7. The number of amides is 6. The molecule has 8 rings (SSSR count). The van der Waals surface area contributed by atoms with E-state index in [0.29, 0.717) is 42.9 Å². The molecule has 4 aliphatic heterocycles. The fourth-order valence-corrected chi connectivity index (χ4v) is 10.4. The number of hydrogen-bond acceptors (Lipinski definition) is 10. The molecule has 0 radical (unpaired) electrons. The van der Waals surface area contributed by atoms with Crippen molar-refractivity contribution >= 4 is 69.6 Å². The van der Waals surface area contributed by atoms with E-state index in [1.165, 1.54) is 50.5 Å². The summed E-state index contributed by atoms with van der Waals surface area (Å²) in [5.74, 6) is -3.20. The van der Waals surface area contributed by atoms with Crippen LogP contribution in [0.5, 0.6) is 0 Å². The first kappa shape index (κ1) is 47.4. The molecular formula is C51H60ClN7O8. The van der Waals surface area contributed by atoms with Gasteiger partial charge in [0.25, 0.3) is 17.7 Å². The molecule has 0 aliphatic carbocycles. The van der Waals surface area contributed by atoms with Crippen molar-refractivity contribution in [3.8, 4) is 0 Å². The Bertz CT molecular complexity index is 2500. The summed E-state index contributed by atoms with van der Waals surface area (Å²) >= 11 is 6.11. The van der Waals surface area contributed by atoms with Crippen LogP contribution < -0.4 is 10.6 Å². The van der Waals surface area contributed by atoms with E-state index < -0.39 is 47.7 Å². The average Bonchev–Trinajstić information content (AvgIpc) is 3.85. The Balaban J connectivity index is 0.704. The predicted molar refractivity (Wildman–Crippen MR) is 254 cm³/mol. The molecular weight excluding hydrogens is 874 g/mol. The van der Waals surface area contributed by atoms with Crippen molar-refractivity contribution in [1.82, 2.24) is 29.9 Å². The molecule has 0 saturated carbocycles. The number of unbranched alkanes of at least 4 members (excludes halogenated alkanes) is 9. The number of fused-ring (bicyclic) bond motifs is 4. The Morgan fingerprint density at radius 3 is 2.16 bits per heavy atom. The number of rotatable bonds is 19. The monoisotopic (exact) mass is 933 g/mol. The van der Waals surface area contributed by atoms with Gasteiger partial charge in [-0.3, -0.25) is 43.9 Å². The van der Waals surface area contributed by atoms with E-state index in [-0.39, 0.29) is 36.1 Å². The number of esters is 1. The third-order valence-corrected chi connectivity index (χ3v) is 14.1. The number of anilines is 1. The molecule has 1 aromatic heterocycles. The van der Waals surface area contributed by atoms with Crippen molar-refractivity contribution in [2.24, 2.45) is 0 Å². The van der Waals surface area contributed by atoms with Crippen LogP contribution in [0, 0.1) is 0 Å². The van der Waals surface area contributed by atoms with Crippen LogP contribution in [0.2, 0.25) is 0 Å². The van der Waals surface area contributed by atoms with Crippen molar-refractivity contribution in [2.45, 2.75) is 102 Å². The molecule has 15 nitrogen and oxygen atoms in total. The van der Waals surface area contributed by atoms with Gasteiger partial charge in [0.05, 0.1) is 24.3 Å². The van der Waals surface area contributed by atoms with E-state index >= 15 is 0 Å². The number of H-pyrrole nitrogens is 1. The molecule has 4 aromatic rings. The molecule has 1 unspecified atom stereocenters. The smallest absolute Gasteiger partial charge is 0.328 e.